The van der Waals surface area contributed by atoms with Gasteiger partial charge in [0.2, 0.25) is 10.0 Å². The molecule has 0 bridgehead atoms. The average Bonchev–Trinajstić information content (AvgIpc) is 2.61. The summed E-state index contributed by atoms with van der Waals surface area (Å²) in [7, 11) is -1.10. The minimum absolute atomic E-state index is 0.102. The molecule has 0 aliphatic heterocycles. The first-order valence-corrected chi connectivity index (χ1v) is 9.71. The van der Waals surface area contributed by atoms with Gasteiger partial charge >= 0.3 is 12.1 Å². The van der Waals surface area contributed by atoms with Gasteiger partial charge in [0.25, 0.3) is 0 Å². The van der Waals surface area contributed by atoms with Crippen LogP contribution in [0.4, 0.5) is 13.2 Å². The first kappa shape index (κ1) is 20.7. The second kappa shape index (κ2) is 7.96. The zero-order valence-corrected chi connectivity index (χ0v) is 15.4. The maximum absolute atomic E-state index is 12.6. The molecule has 2 rings (SSSR count). The van der Waals surface area contributed by atoms with E-state index in [1.807, 2.05) is 0 Å². The van der Waals surface area contributed by atoms with E-state index in [0.717, 1.165) is 24.3 Å². The monoisotopic (exact) mass is 393 g/mol. The molecule has 1 fully saturated rings. The van der Waals surface area contributed by atoms with E-state index >= 15 is 0 Å². The highest BCUT2D eigenvalue weighted by Crippen LogP contribution is 2.32. The Labute approximate surface area is 151 Å². The molecule has 0 aromatic heterocycles. The van der Waals surface area contributed by atoms with Gasteiger partial charge in [-0.05, 0) is 55.9 Å². The van der Waals surface area contributed by atoms with Crippen molar-refractivity contribution in [1.82, 2.24) is 4.31 Å². The van der Waals surface area contributed by atoms with E-state index in [0.29, 0.717) is 25.7 Å². The SMILES string of the molecule is COC(=O)[C@H]1CC[C@H](CN(C)S(=O)(=O)c2ccc(C(F)(F)F)cc2)CC1. The number of hydrogen-bond donors (Lipinski definition) is 0. The zero-order chi connectivity index (χ0) is 19.5. The zero-order valence-electron chi connectivity index (χ0n) is 14.6. The number of carbonyl (C=O) groups excluding carboxylic acids is 1. The molecular weight excluding hydrogens is 371 g/mol. The van der Waals surface area contributed by atoms with Crippen molar-refractivity contribution in [1.29, 1.82) is 0 Å². The first-order valence-electron chi connectivity index (χ1n) is 8.27. The summed E-state index contributed by atoms with van der Waals surface area (Å²) in [6, 6.07) is 3.48. The average molecular weight is 393 g/mol. The minimum atomic E-state index is -4.51. The number of carbonyl (C=O) groups is 1. The lowest BCUT2D eigenvalue weighted by Gasteiger charge is -2.29. The molecular formula is C17H22F3NO4S. The number of alkyl halides is 3. The third kappa shape index (κ3) is 4.76. The molecule has 0 amide bonds. The molecule has 5 nitrogen and oxygen atoms in total. The Morgan fingerprint density at radius 3 is 2.15 bits per heavy atom. The van der Waals surface area contributed by atoms with Crippen molar-refractivity contribution in [2.24, 2.45) is 11.8 Å². The Hall–Kier alpha value is -1.61. The van der Waals surface area contributed by atoms with Gasteiger partial charge in [0.1, 0.15) is 0 Å². The molecule has 146 valence electrons. The van der Waals surface area contributed by atoms with Gasteiger partial charge in [0.15, 0.2) is 0 Å². The maximum Gasteiger partial charge on any atom is 0.416 e. The van der Waals surface area contributed by atoms with Crippen molar-refractivity contribution < 1.29 is 31.1 Å². The molecule has 1 aliphatic rings. The van der Waals surface area contributed by atoms with E-state index < -0.39 is 21.8 Å². The van der Waals surface area contributed by atoms with Crippen molar-refractivity contribution in [3.63, 3.8) is 0 Å². The molecule has 9 heteroatoms. The van der Waals surface area contributed by atoms with Crippen LogP contribution >= 0.6 is 0 Å². The number of sulfonamides is 1. The van der Waals surface area contributed by atoms with Gasteiger partial charge in [-0.1, -0.05) is 0 Å². The van der Waals surface area contributed by atoms with E-state index in [1.54, 1.807) is 0 Å². The second-order valence-electron chi connectivity index (χ2n) is 6.55. The van der Waals surface area contributed by atoms with E-state index in [4.69, 9.17) is 4.74 Å². The number of ether oxygens (including phenoxy) is 1. The van der Waals surface area contributed by atoms with Crippen LogP contribution < -0.4 is 0 Å². The van der Waals surface area contributed by atoms with Gasteiger partial charge < -0.3 is 4.74 Å². The fourth-order valence-electron chi connectivity index (χ4n) is 3.20. The van der Waals surface area contributed by atoms with Crippen LogP contribution in [0.3, 0.4) is 0 Å². The van der Waals surface area contributed by atoms with Crippen LogP contribution in [0.2, 0.25) is 0 Å². The molecule has 0 spiro atoms. The molecule has 0 saturated heterocycles. The molecule has 1 aromatic carbocycles. The van der Waals surface area contributed by atoms with E-state index in [1.165, 1.54) is 18.5 Å². The summed E-state index contributed by atoms with van der Waals surface area (Å²) in [6.07, 6.45) is -1.82. The largest absolute Gasteiger partial charge is 0.469 e. The lowest BCUT2D eigenvalue weighted by molar-refractivity contribution is -0.146. The molecule has 0 unspecified atom stereocenters. The lowest BCUT2D eigenvalue weighted by Crippen LogP contribution is -2.34. The van der Waals surface area contributed by atoms with Crippen LogP contribution in [0.1, 0.15) is 31.2 Å². The number of rotatable bonds is 5. The number of esters is 1. The number of methoxy groups -OCH3 is 1. The van der Waals surface area contributed by atoms with Crippen LogP contribution in [0.5, 0.6) is 0 Å². The third-order valence-electron chi connectivity index (χ3n) is 4.79. The first-order chi connectivity index (χ1) is 12.1. The number of hydrogen-bond acceptors (Lipinski definition) is 4. The minimum Gasteiger partial charge on any atom is -0.469 e. The van der Waals surface area contributed by atoms with Crippen molar-refractivity contribution in [2.75, 3.05) is 20.7 Å². The Kier molecular flexibility index (Phi) is 6.33. The smallest absolute Gasteiger partial charge is 0.416 e. The summed E-state index contributed by atoms with van der Waals surface area (Å²) >= 11 is 0. The molecule has 0 N–H and O–H groups in total. The van der Waals surface area contributed by atoms with Crippen LogP contribution in [-0.4, -0.2) is 39.4 Å². The van der Waals surface area contributed by atoms with Gasteiger partial charge in [0.05, 0.1) is 23.5 Å². The van der Waals surface area contributed by atoms with Crippen molar-refractivity contribution in [3.05, 3.63) is 29.8 Å². The predicted octanol–water partition coefficient (Wildman–Crippen LogP) is 3.31. The highest BCUT2D eigenvalue weighted by atomic mass is 32.2. The highest BCUT2D eigenvalue weighted by molar-refractivity contribution is 7.89. The fraction of sp³-hybridized carbons (Fsp3) is 0.588. The van der Waals surface area contributed by atoms with E-state index in [2.05, 4.69) is 0 Å². The van der Waals surface area contributed by atoms with Crippen LogP contribution in [0.25, 0.3) is 0 Å². The summed E-state index contributed by atoms with van der Waals surface area (Å²) in [5.41, 5.74) is -0.889. The Morgan fingerprint density at radius 2 is 1.69 bits per heavy atom. The fourth-order valence-corrected chi connectivity index (χ4v) is 4.45. The Morgan fingerprint density at radius 1 is 1.15 bits per heavy atom. The summed E-state index contributed by atoms with van der Waals surface area (Å²) in [5.74, 6) is -0.285. The second-order valence-corrected chi connectivity index (χ2v) is 8.59. The summed E-state index contributed by atoms with van der Waals surface area (Å²) in [4.78, 5) is 11.4. The third-order valence-corrected chi connectivity index (χ3v) is 6.62. The maximum atomic E-state index is 12.6. The number of halogens is 3. The molecule has 26 heavy (non-hydrogen) atoms. The van der Waals surface area contributed by atoms with E-state index in [9.17, 15) is 26.4 Å². The van der Waals surface area contributed by atoms with Gasteiger partial charge in [-0.2, -0.15) is 13.2 Å². The van der Waals surface area contributed by atoms with Crippen molar-refractivity contribution in [2.45, 2.75) is 36.8 Å². The molecule has 0 radical (unpaired) electrons. The van der Waals surface area contributed by atoms with Crippen molar-refractivity contribution >= 4 is 16.0 Å². The molecule has 1 aromatic rings. The predicted molar refractivity (Wildman–Crippen MR) is 88.7 cm³/mol. The number of benzene rings is 1. The van der Waals surface area contributed by atoms with Gasteiger partial charge in [0, 0.05) is 13.6 Å². The normalized spacial score (nSPS) is 21.6. The topological polar surface area (TPSA) is 63.7 Å². The number of nitrogens with zero attached hydrogens (tertiary/aromatic N) is 1. The summed E-state index contributed by atoms with van der Waals surface area (Å²) in [6.45, 7) is 0.261. The molecule has 1 saturated carbocycles. The standard InChI is InChI=1S/C17H22F3NO4S/c1-21(11-12-3-5-13(6-4-12)16(22)25-2)26(23,24)15-9-7-14(8-10-15)17(18,19)20/h7-10,12-13H,3-6,11H2,1-2H3/t12-,13-. The molecule has 1 aliphatic carbocycles. The van der Waals surface area contributed by atoms with Crippen LogP contribution in [-0.2, 0) is 25.7 Å². The van der Waals surface area contributed by atoms with Crippen molar-refractivity contribution in [3.8, 4) is 0 Å². The summed E-state index contributed by atoms with van der Waals surface area (Å²) < 4.78 is 68.8. The summed E-state index contributed by atoms with van der Waals surface area (Å²) in [5, 5.41) is 0. The van der Waals surface area contributed by atoms with E-state index in [-0.39, 0.29) is 29.2 Å². The molecule has 0 heterocycles. The van der Waals surface area contributed by atoms with Gasteiger partial charge in [-0.15, -0.1) is 0 Å². The Bertz CT molecular complexity index is 723. The van der Waals surface area contributed by atoms with Crippen LogP contribution in [0.15, 0.2) is 29.2 Å². The van der Waals surface area contributed by atoms with Gasteiger partial charge in [-0.25, -0.2) is 12.7 Å². The molecule has 0 atom stereocenters. The van der Waals surface area contributed by atoms with Crippen LogP contribution in [0, 0.1) is 11.8 Å². The highest BCUT2D eigenvalue weighted by Gasteiger charge is 2.32. The Balaban J connectivity index is 2.00. The lowest BCUT2D eigenvalue weighted by atomic mass is 9.82. The van der Waals surface area contributed by atoms with Gasteiger partial charge in [-0.3, -0.25) is 4.79 Å². The quantitative estimate of drug-likeness (QED) is 0.720.